The van der Waals surface area contributed by atoms with Crippen molar-refractivity contribution in [1.82, 2.24) is 4.98 Å². The topological polar surface area (TPSA) is 24.9 Å². The van der Waals surface area contributed by atoms with Crippen molar-refractivity contribution in [2.24, 2.45) is 5.92 Å². The predicted molar refractivity (Wildman–Crippen MR) is 78.2 cm³/mol. The number of thioether (sulfide) groups is 1. The number of anilines is 1. The highest BCUT2D eigenvalue weighted by atomic mass is 32.2. The minimum atomic E-state index is -4.35. The van der Waals surface area contributed by atoms with Crippen LogP contribution in [0.4, 0.5) is 19.0 Å². The lowest BCUT2D eigenvalue weighted by molar-refractivity contribution is -0.137. The van der Waals surface area contributed by atoms with Crippen LogP contribution in [-0.4, -0.2) is 16.8 Å². The van der Waals surface area contributed by atoms with Crippen molar-refractivity contribution >= 4 is 17.6 Å². The summed E-state index contributed by atoms with van der Waals surface area (Å²) in [6, 6.07) is 2.19. The summed E-state index contributed by atoms with van der Waals surface area (Å²) in [7, 11) is 0. The average Bonchev–Trinajstić information content (AvgIpc) is 2.34. The number of alkyl halides is 3. The van der Waals surface area contributed by atoms with Gasteiger partial charge in [0.2, 0.25) is 0 Å². The molecule has 2 nitrogen and oxygen atoms in total. The van der Waals surface area contributed by atoms with E-state index in [1.807, 2.05) is 27.7 Å². The van der Waals surface area contributed by atoms with Crippen molar-refractivity contribution in [3.63, 3.8) is 0 Å². The fourth-order valence-electron chi connectivity index (χ4n) is 1.40. The second-order valence-electron chi connectivity index (χ2n) is 5.07. The standard InChI is InChI=1S/C14H21F3N2S/c1-5-6-18-12-7-11(14(15,16)17)8-13(19-12)20-10(4)9(2)3/h7-10H,5-6H2,1-4H3,(H,18,19). The Hall–Kier alpha value is -0.910. The Balaban J connectivity index is 3.03. The maximum Gasteiger partial charge on any atom is 0.416 e. The second-order valence-corrected chi connectivity index (χ2v) is 6.47. The molecule has 1 atom stereocenters. The lowest BCUT2D eigenvalue weighted by Crippen LogP contribution is -2.11. The van der Waals surface area contributed by atoms with E-state index in [-0.39, 0.29) is 5.25 Å². The van der Waals surface area contributed by atoms with Gasteiger partial charge in [-0.1, -0.05) is 27.7 Å². The summed E-state index contributed by atoms with van der Waals surface area (Å²) in [5.74, 6) is 0.670. The van der Waals surface area contributed by atoms with Gasteiger partial charge >= 0.3 is 6.18 Å². The molecule has 0 fully saturated rings. The van der Waals surface area contributed by atoms with Crippen molar-refractivity contribution in [1.29, 1.82) is 0 Å². The molecule has 0 saturated heterocycles. The zero-order chi connectivity index (χ0) is 15.3. The summed E-state index contributed by atoms with van der Waals surface area (Å²) in [6.45, 7) is 8.65. The Kier molecular flexibility index (Phi) is 6.17. The minimum absolute atomic E-state index is 0.213. The van der Waals surface area contributed by atoms with Crippen LogP contribution < -0.4 is 5.32 Å². The molecule has 0 radical (unpaired) electrons. The number of halogens is 3. The highest BCUT2D eigenvalue weighted by Gasteiger charge is 2.32. The molecule has 0 aliphatic carbocycles. The molecule has 0 spiro atoms. The molecular formula is C14H21F3N2S. The fraction of sp³-hybridized carbons (Fsp3) is 0.643. The molecule has 1 aromatic heterocycles. The van der Waals surface area contributed by atoms with Gasteiger partial charge in [0.1, 0.15) is 5.82 Å². The van der Waals surface area contributed by atoms with Gasteiger partial charge in [-0.2, -0.15) is 13.2 Å². The summed E-state index contributed by atoms with van der Waals surface area (Å²) in [5.41, 5.74) is -0.649. The molecule has 0 aromatic carbocycles. The smallest absolute Gasteiger partial charge is 0.370 e. The third kappa shape index (κ3) is 5.23. The molecule has 6 heteroatoms. The van der Waals surface area contributed by atoms with E-state index in [4.69, 9.17) is 0 Å². The lowest BCUT2D eigenvalue weighted by Gasteiger charge is -2.17. The number of hydrogen-bond donors (Lipinski definition) is 1. The molecule has 0 bridgehead atoms. The molecule has 0 aliphatic heterocycles. The zero-order valence-corrected chi connectivity index (χ0v) is 13.0. The summed E-state index contributed by atoms with van der Waals surface area (Å²) < 4.78 is 38.7. The highest BCUT2D eigenvalue weighted by Crippen LogP contribution is 2.35. The molecule has 20 heavy (non-hydrogen) atoms. The maximum atomic E-state index is 12.9. The van der Waals surface area contributed by atoms with Gasteiger partial charge in [0, 0.05) is 11.8 Å². The van der Waals surface area contributed by atoms with Crippen LogP contribution in [0, 0.1) is 5.92 Å². The van der Waals surface area contributed by atoms with E-state index in [9.17, 15) is 13.2 Å². The third-order valence-electron chi connectivity index (χ3n) is 2.93. The van der Waals surface area contributed by atoms with Gasteiger partial charge in [-0.15, -0.1) is 11.8 Å². The van der Waals surface area contributed by atoms with Crippen LogP contribution in [0.2, 0.25) is 0 Å². The van der Waals surface area contributed by atoms with Crippen LogP contribution in [0.15, 0.2) is 17.2 Å². The normalized spacial score (nSPS) is 13.6. The van der Waals surface area contributed by atoms with Crippen molar-refractivity contribution in [3.8, 4) is 0 Å². The van der Waals surface area contributed by atoms with Crippen molar-refractivity contribution in [3.05, 3.63) is 17.7 Å². The van der Waals surface area contributed by atoms with E-state index >= 15 is 0 Å². The van der Waals surface area contributed by atoms with E-state index in [1.54, 1.807) is 0 Å². The molecule has 1 rings (SSSR count). The Morgan fingerprint density at radius 2 is 1.90 bits per heavy atom. The summed E-state index contributed by atoms with van der Waals surface area (Å²) in [6.07, 6.45) is -3.51. The van der Waals surface area contributed by atoms with Gasteiger partial charge in [-0.3, -0.25) is 0 Å². The van der Waals surface area contributed by atoms with Crippen molar-refractivity contribution < 1.29 is 13.2 Å². The zero-order valence-electron chi connectivity index (χ0n) is 12.2. The van der Waals surface area contributed by atoms with E-state index < -0.39 is 11.7 Å². The Bertz CT molecular complexity index is 433. The third-order valence-corrected chi connectivity index (χ3v) is 4.30. The number of hydrogen-bond acceptors (Lipinski definition) is 3. The summed E-state index contributed by atoms with van der Waals surface area (Å²) in [4.78, 5) is 4.26. The van der Waals surface area contributed by atoms with Crippen molar-refractivity contribution in [2.75, 3.05) is 11.9 Å². The van der Waals surface area contributed by atoms with Crippen LogP contribution in [0.5, 0.6) is 0 Å². The first-order valence-electron chi connectivity index (χ1n) is 6.73. The van der Waals surface area contributed by atoms with Crippen LogP contribution in [0.1, 0.15) is 39.7 Å². The highest BCUT2D eigenvalue weighted by molar-refractivity contribution is 7.99. The largest absolute Gasteiger partial charge is 0.416 e. The molecule has 1 aromatic rings. The van der Waals surface area contributed by atoms with Gasteiger partial charge in [0.25, 0.3) is 0 Å². The Morgan fingerprint density at radius 1 is 1.25 bits per heavy atom. The van der Waals surface area contributed by atoms with Crippen LogP contribution >= 0.6 is 11.8 Å². The maximum absolute atomic E-state index is 12.9. The Morgan fingerprint density at radius 3 is 2.40 bits per heavy atom. The number of rotatable bonds is 6. The van der Waals surface area contributed by atoms with Gasteiger partial charge in [0.05, 0.1) is 10.6 Å². The fourth-order valence-corrected chi connectivity index (χ4v) is 2.40. The number of pyridine rings is 1. The predicted octanol–water partition coefficient (Wildman–Crippen LogP) is 5.06. The molecule has 0 saturated carbocycles. The van der Waals surface area contributed by atoms with Crippen LogP contribution in [-0.2, 0) is 6.18 Å². The van der Waals surface area contributed by atoms with E-state index in [2.05, 4.69) is 10.3 Å². The Labute approximate surface area is 122 Å². The van der Waals surface area contributed by atoms with Gasteiger partial charge in [-0.25, -0.2) is 4.98 Å². The van der Waals surface area contributed by atoms with Crippen molar-refractivity contribution in [2.45, 2.75) is 50.6 Å². The monoisotopic (exact) mass is 306 g/mol. The number of nitrogens with one attached hydrogen (secondary N) is 1. The first-order valence-corrected chi connectivity index (χ1v) is 7.61. The van der Waals surface area contributed by atoms with E-state index in [0.717, 1.165) is 18.6 Å². The summed E-state index contributed by atoms with van der Waals surface area (Å²) in [5, 5.41) is 3.55. The molecule has 0 amide bonds. The molecule has 1 heterocycles. The molecule has 114 valence electrons. The minimum Gasteiger partial charge on any atom is -0.370 e. The number of nitrogens with zero attached hydrogens (tertiary/aromatic N) is 1. The van der Waals surface area contributed by atoms with Gasteiger partial charge in [-0.05, 0) is 24.5 Å². The average molecular weight is 306 g/mol. The first-order chi connectivity index (χ1) is 9.24. The summed E-state index contributed by atoms with van der Waals surface area (Å²) >= 11 is 1.38. The number of aromatic nitrogens is 1. The molecule has 1 unspecified atom stereocenters. The molecular weight excluding hydrogens is 285 g/mol. The molecule has 1 N–H and O–H groups in total. The van der Waals surface area contributed by atoms with Gasteiger partial charge < -0.3 is 5.32 Å². The van der Waals surface area contributed by atoms with Crippen LogP contribution in [0.3, 0.4) is 0 Å². The quantitative estimate of drug-likeness (QED) is 0.744. The SMILES string of the molecule is CCCNc1cc(C(F)(F)F)cc(SC(C)C(C)C)n1. The van der Waals surface area contributed by atoms with E-state index in [0.29, 0.717) is 23.3 Å². The van der Waals surface area contributed by atoms with Crippen LogP contribution in [0.25, 0.3) is 0 Å². The first kappa shape index (κ1) is 17.1. The van der Waals surface area contributed by atoms with Gasteiger partial charge in [0.15, 0.2) is 0 Å². The molecule has 0 aliphatic rings. The lowest BCUT2D eigenvalue weighted by atomic mass is 10.2. The van der Waals surface area contributed by atoms with E-state index in [1.165, 1.54) is 11.8 Å². The second kappa shape index (κ2) is 7.20.